The number of nitrogens with one attached hydrogen (secondary N) is 1. The van der Waals surface area contributed by atoms with Gasteiger partial charge in [0.15, 0.2) is 5.82 Å². The zero-order valence-corrected chi connectivity index (χ0v) is 14.0. The molecule has 1 heterocycles. The van der Waals surface area contributed by atoms with Crippen molar-refractivity contribution in [2.24, 2.45) is 0 Å². The van der Waals surface area contributed by atoms with E-state index >= 15 is 0 Å². The van der Waals surface area contributed by atoms with Gasteiger partial charge in [-0.3, -0.25) is 4.79 Å². The van der Waals surface area contributed by atoms with Crippen LogP contribution in [0.25, 0.3) is 11.4 Å². The van der Waals surface area contributed by atoms with Crippen molar-refractivity contribution in [3.63, 3.8) is 0 Å². The molecule has 6 nitrogen and oxygen atoms in total. The summed E-state index contributed by atoms with van der Waals surface area (Å²) in [6.07, 6.45) is 0. The van der Waals surface area contributed by atoms with E-state index in [2.05, 4.69) is 36.7 Å². The number of nitrogens with zero attached hydrogens (tertiary/aromatic N) is 4. The molecule has 0 atom stereocenters. The van der Waals surface area contributed by atoms with Gasteiger partial charge in [-0.2, -0.15) is 4.80 Å². The minimum Gasteiger partial charge on any atom is -0.321 e. The highest BCUT2D eigenvalue weighted by Crippen LogP contribution is 2.26. The lowest BCUT2D eigenvalue weighted by molar-refractivity contribution is -0.117. The molecular weight excluding hydrogens is 403 g/mol. The van der Waals surface area contributed by atoms with Crippen molar-refractivity contribution in [3.8, 4) is 11.4 Å². The van der Waals surface area contributed by atoms with Crippen LogP contribution in [0.2, 0.25) is 0 Å². The first-order valence-electron chi connectivity index (χ1n) is 6.90. The van der Waals surface area contributed by atoms with Gasteiger partial charge in [0, 0.05) is 16.1 Å². The van der Waals surface area contributed by atoms with Gasteiger partial charge in [-0.15, -0.1) is 10.2 Å². The molecule has 0 radical (unpaired) electrons. The number of benzene rings is 2. The van der Waals surface area contributed by atoms with Crippen LogP contribution in [0.5, 0.6) is 0 Å². The van der Waals surface area contributed by atoms with Gasteiger partial charge < -0.3 is 5.32 Å². The Bertz CT molecular complexity index is 923. The van der Waals surface area contributed by atoms with Gasteiger partial charge in [0.2, 0.25) is 11.7 Å². The number of tetrazole rings is 1. The molecule has 0 aliphatic heterocycles. The van der Waals surface area contributed by atoms with Crippen molar-refractivity contribution < 1.29 is 18.0 Å². The normalized spacial score (nSPS) is 10.7. The molecular formula is C15H9BrF3N5O. The number of aromatic nitrogens is 4. The van der Waals surface area contributed by atoms with Crippen LogP contribution in [0.4, 0.5) is 18.9 Å². The minimum atomic E-state index is -0.924. The number of rotatable bonds is 4. The number of amides is 1. The third kappa shape index (κ3) is 4.02. The maximum Gasteiger partial charge on any atom is 0.248 e. The van der Waals surface area contributed by atoms with E-state index in [9.17, 15) is 18.0 Å². The van der Waals surface area contributed by atoms with E-state index < -0.39 is 23.4 Å². The zero-order valence-electron chi connectivity index (χ0n) is 12.4. The molecule has 0 aliphatic carbocycles. The van der Waals surface area contributed by atoms with Crippen LogP contribution >= 0.6 is 15.9 Å². The second kappa shape index (κ2) is 7.01. The molecule has 2 aromatic carbocycles. The molecule has 0 spiro atoms. The number of carbonyl (C=O) groups excluding carboxylic acids is 1. The SMILES string of the molecule is O=C(Cn1nnc(-c2cccc(F)c2)n1)Nc1c(F)cc(F)cc1Br. The molecule has 128 valence electrons. The van der Waals surface area contributed by atoms with E-state index in [4.69, 9.17) is 0 Å². The number of halogens is 4. The average Bonchev–Trinajstić information content (AvgIpc) is 2.99. The molecule has 0 aliphatic rings. The lowest BCUT2D eigenvalue weighted by atomic mass is 10.2. The third-order valence-electron chi connectivity index (χ3n) is 3.09. The molecule has 3 rings (SSSR count). The summed E-state index contributed by atoms with van der Waals surface area (Å²) in [5, 5.41) is 13.7. The van der Waals surface area contributed by atoms with E-state index in [0.717, 1.165) is 10.9 Å². The van der Waals surface area contributed by atoms with Crippen molar-refractivity contribution in [1.29, 1.82) is 0 Å². The quantitative estimate of drug-likeness (QED) is 0.715. The first-order valence-corrected chi connectivity index (χ1v) is 7.70. The van der Waals surface area contributed by atoms with Gasteiger partial charge in [0.25, 0.3) is 0 Å². The Morgan fingerprint density at radius 3 is 2.68 bits per heavy atom. The van der Waals surface area contributed by atoms with Gasteiger partial charge in [0.1, 0.15) is 18.2 Å². The molecule has 1 amide bonds. The van der Waals surface area contributed by atoms with E-state index in [1.807, 2.05) is 0 Å². The predicted octanol–water partition coefficient (Wildman–Crippen LogP) is 3.16. The van der Waals surface area contributed by atoms with E-state index in [1.54, 1.807) is 6.07 Å². The Labute approximate surface area is 147 Å². The van der Waals surface area contributed by atoms with Gasteiger partial charge in [-0.05, 0) is 39.3 Å². The molecule has 0 saturated heterocycles. The van der Waals surface area contributed by atoms with Crippen molar-refractivity contribution >= 4 is 27.5 Å². The first kappa shape index (κ1) is 17.1. The van der Waals surface area contributed by atoms with Crippen LogP contribution < -0.4 is 5.32 Å². The van der Waals surface area contributed by atoms with Crippen LogP contribution in [0.3, 0.4) is 0 Å². The summed E-state index contributed by atoms with van der Waals surface area (Å²) in [4.78, 5) is 13.0. The van der Waals surface area contributed by atoms with Gasteiger partial charge in [-0.1, -0.05) is 12.1 Å². The van der Waals surface area contributed by atoms with Gasteiger partial charge in [-0.25, -0.2) is 13.2 Å². The Morgan fingerprint density at radius 2 is 1.96 bits per heavy atom. The fourth-order valence-electron chi connectivity index (χ4n) is 2.02. The Morgan fingerprint density at radius 1 is 1.16 bits per heavy atom. The monoisotopic (exact) mass is 411 g/mol. The van der Waals surface area contributed by atoms with Crippen molar-refractivity contribution in [3.05, 3.63) is 58.3 Å². The number of carbonyl (C=O) groups is 1. The standard InChI is InChI=1S/C15H9BrF3N5O/c16-11-5-10(18)6-12(19)14(11)20-13(25)7-24-22-15(21-23-24)8-2-1-3-9(17)4-8/h1-6H,7H2,(H,20,25). The fraction of sp³-hybridized carbons (Fsp3) is 0.0667. The number of hydrogen-bond donors (Lipinski definition) is 1. The maximum atomic E-state index is 13.7. The maximum absolute atomic E-state index is 13.7. The number of anilines is 1. The van der Waals surface area contributed by atoms with Crippen LogP contribution in [0, 0.1) is 17.5 Å². The van der Waals surface area contributed by atoms with E-state index in [-0.39, 0.29) is 22.5 Å². The highest BCUT2D eigenvalue weighted by molar-refractivity contribution is 9.10. The van der Waals surface area contributed by atoms with Crippen LogP contribution in [-0.4, -0.2) is 26.1 Å². The summed E-state index contributed by atoms with van der Waals surface area (Å²) < 4.78 is 40.0. The molecule has 25 heavy (non-hydrogen) atoms. The molecule has 0 saturated carbocycles. The largest absolute Gasteiger partial charge is 0.321 e. The summed E-state index contributed by atoms with van der Waals surface area (Å²) in [5.41, 5.74) is 0.204. The molecule has 0 bridgehead atoms. The third-order valence-corrected chi connectivity index (χ3v) is 3.72. The van der Waals surface area contributed by atoms with Gasteiger partial charge in [0.05, 0.1) is 5.69 Å². The summed E-state index contributed by atoms with van der Waals surface area (Å²) in [7, 11) is 0. The topological polar surface area (TPSA) is 72.7 Å². The summed E-state index contributed by atoms with van der Waals surface area (Å²) in [6, 6.07) is 7.26. The van der Waals surface area contributed by atoms with Crippen LogP contribution in [-0.2, 0) is 11.3 Å². The highest BCUT2D eigenvalue weighted by Gasteiger charge is 2.15. The van der Waals surface area contributed by atoms with E-state index in [0.29, 0.717) is 11.6 Å². The molecule has 3 aromatic rings. The van der Waals surface area contributed by atoms with Gasteiger partial charge >= 0.3 is 0 Å². The average molecular weight is 412 g/mol. The van der Waals surface area contributed by atoms with Crippen molar-refractivity contribution in [1.82, 2.24) is 20.2 Å². The summed E-state index contributed by atoms with van der Waals surface area (Å²) in [5.74, 6) is -2.66. The first-order chi connectivity index (χ1) is 11.9. The minimum absolute atomic E-state index is 0.0605. The second-order valence-electron chi connectivity index (χ2n) is 4.95. The molecule has 1 N–H and O–H groups in total. The second-order valence-corrected chi connectivity index (χ2v) is 5.80. The lowest BCUT2D eigenvalue weighted by Crippen LogP contribution is -2.21. The summed E-state index contributed by atoms with van der Waals surface area (Å²) >= 11 is 2.97. The lowest BCUT2D eigenvalue weighted by Gasteiger charge is -2.08. The van der Waals surface area contributed by atoms with Crippen LogP contribution in [0.15, 0.2) is 40.9 Å². The Balaban J connectivity index is 1.72. The summed E-state index contributed by atoms with van der Waals surface area (Å²) in [6.45, 7) is -0.356. The zero-order chi connectivity index (χ0) is 18.0. The highest BCUT2D eigenvalue weighted by atomic mass is 79.9. The van der Waals surface area contributed by atoms with Crippen molar-refractivity contribution in [2.75, 3.05) is 5.32 Å². The number of hydrogen-bond acceptors (Lipinski definition) is 4. The molecule has 0 fully saturated rings. The van der Waals surface area contributed by atoms with Crippen molar-refractivity contribution in [2.45, 2.75) is 6.54 Å². The predicted molar refractivity (Wildman–Crippen MR) is 85.9 cm³/mol. The fourth-order valence-corrected chi connectivity index (χ4v) is 2.53. The van der Waals surface area contributed by atoms with Crippen LogP contribution in [0.1, 0.15) is 0 Å². The smallest absolute Gasteiger partial charge is 0.248 e. The molecule has 1 aromatic heterocycles. The Kier molecular flexibility index (Phi) is 4.79. The molecule has 0 unspecified atom stereocenters. The Hall–Kier alpha value is -2.75. The molecule has 10 heteroatoms. The van der Waals surface area contributed by atoms with E-state index in [1.165, 1.54) is 18.2 Å².